The van der Waals surface area contributed by atoms with E-state index < -0.39 is 17.6 Å². The molecule has 0 heterocycles. The highest BCUT2D eigenvalue weighted by Gasteiger charge is 2.14. The van der Waals surface area contributed by atoms with Gasteiger partial charge in [0.2, 0.25) is 0 Å². The van der Waals surface area contributed by atoms with Crippen molar-refractivity contribution in [2.45, 2.75) is 20.4 Å². The van der Waals surface area contributed by atoms with Crippen LogP contribution in [0.2, 0.25) is 0 Å². The van der Waals surface area contributed by atoms with Crippen LogP contribution >= 0.6 is 0 Å². The van der Waals surface area contributed by atoms with Crippen LogP contribution in [-0.2, 0) is 16.1 Å². The first-order chi connectivity index (χ1) is 11.5. The Morgan fingerprint density at radius 3 is 2.42 bits per heavy atom. The lowest BCUT2D eigenvalue weighted by molar-refractivity contribution is -0.136. The molecule has 0 fully saturated rings. The number of hydrogen-bond donors (Lipinski definition) is 2. The highest BCUT2D eigenvalue weighted by molar-refractivity contribution is 6.39. The molecular weight excluding hydrogens is 311 g/mol. The third-order valence-electron chi connectivity index (χ3n) is 3.33. The maximum atomic E-state index is 13.0. The molecule has 0 saturated carbocycles. The zero-order chi connectivity index (χ0) is 17.5. The number of benzene rings is 2. The Balaban J connectivity index is 1.88. The van der Waals surface area contributed by atoms with E-state index in [1.165, 1.54) is 18.2 Å². The van der Waals surface area contributed by atoms with Crippen molar-refractivity contribution in [2.75, 3.05) is 11.9 Å². The van der Waals surface area contributed by atoms with E-state index in [0.29, 0.717) is 17.9 Å². The monoisotopic (exact) mass is 330 g/mol. The lowest BCUT2D eigenvalue weighted by atomic mass is 10.2. The number of halogens is 1. The summed E-state index contributed by atoms with van der Waals surface area (Å²) in [6, 6.07) is 11.1. The molecule has 2 amide bonds. The smallest absolute Gasteiger partial charge is 0.313 e. The first kappa shape index (κ1) is 17.5. The minimum Gasteiger partial charge on any atom is -0.494 e. The highest BCUT2D eigenvalue weighted by Crippen LogP contribution is 2.15. The van der Waals surface area contributed by atoms with Crippen LogP contribution in [0.5, 0.6) is 5.75 Å². The minimum atomic E-state index is -0.796. The van der Waals surface area contributed by atoms with Crippen LogP contribution in [0.1, 0.15) is 18.1 Å². The molecule has 0 aliphatic heterocycles. The second kappa shape index (κ2) is 8.10. The number of carbonyl (C=O) groups is 2. The summed E-state index contributed by atoms with van der Waals surface area (Å²) in [6.45, 7) is 4.35. The normalized spacial score (nSPS) is 10.1. The van der Waals surface area contributed by atoms with Crippen molar-refractivity contribution in [1.29, 1.82) is 0 Å². The van der Waals surface area contributed by atoms with E-state index >= 15 is 0 Å². The average Bonchev–Trinajstić information content (AvgIpc) is 2.56. The molecule has 0 aromatic heterocycles. The minimum absolute atomic E-state index is 0.223. The van der Waals surface area contributed by atoms with Gasteiger partial charge in [-0.05, 0) is 55.3 Å². The average molecular weight is 330 g/mol. The number of nitrogens with one attached hydrogen (secondary N) is 2. The fraction of sp³-hybridized carbons (Fsp3) is 0.222. The summed E-state index contributed by atoms with van der Waals surface area (Å²) in [5.41, 5.74) is 1.79. The van der Waals surface area contributed by atoms with Crippen LogP contribution in [0.15, 0.2) is 42.5 Å². The highest BCUT2D eigenvalue weighted by atomic mass is 19.1. The van der Waals surface area contributed by atoms with Gasteiger partial charge >= 0.3 is 11.8 Å². The largest absolute Gasteiger partial charge is 0.494 e. The molecular formula is C18H19FN2O3. The Hall–Kier alpha value is -2.89. The van der Waals surface area contributed by atoms with Gasteiger partial charge in [0, 0.05) is 12.2 Å². The van der Waals surface area contributed by atoms with Gasteiger partial charge in [-0.25, -0.2) is 4.39 Å². The number of hydrogen-bond acceptors (Lipinski definition) is 3. The van der Waals surface area contributed by atoms with Gasteiger partial charge in [-0.2, -0.15) is 0 Å². The van der Waals surface area contributed by atoms with Gasteiger partial charge in [0.1, 0.15) is 11.6 Å². The van der Waals surface area contributed by atoms with Crippen LogP contribution in [0.25, 0.3) is 0 Å². The van der Waals surface area contributed by atoms with Crippen LogP contribution in [0.3, 0.4) is 0 Å². The predicted molar refractivity (Wildman–Crippen MR) is 89.2 cm³/mol. The van der Waals surface area contributed by atoms with E-state index in [0.717, 1.165) is 11.3 Å². The standard InChI is InChI=1S/C18H19FN2O3/c1-3-24-15-7-4-13(5-8-15)11-20-17(22)18(23)21-16-9-6-14(19)10-12(16)2/h4-10H,3,11H2,1-2H3,(H,20,22)(H,21,23). The molecule has 6 heteroatoms. The molecule has 0 aliphatic carbocycles. The Kier molecular flexibility index (Phi) is 5.89. The van der Waals surface area contributed by atoms with Crippen LogP contribution in [-0.4, -0.2) is 18.4 Å². The van der Waals surface area contributed by atoms with Crippen molar-refractivity contribution < 1.29 is 18.7 Å². The quantitative estimate of drug-likeness (QED) is 0.829. The third-order valence-corrected chi connectivity index (χ3v) is 3.33. The maximum Gasteiger partial charge on any atom is 0.313 e. The number of aryl methyl sites for hydroxylation is 1. The van der Waals surface area contributed by atoms with E-state index in [4.69, 9.17) is 4.74 Å². The summed E-state index contributed by atoms with van der Waals surface area (Å²) in [7, 11) is 0. The molecule has 0 aliphatic rings. The van der Waals surface area contributed by atoms with E-state index in [9.17, 15) is 14.0 Å². The van der Waals surface area contributed by atoms with Crippen molar-refractivity contribution >= 4 is 17.5 Å². The molecule has 2 N–H and O–H groups in total. The summed E-state index contributed by atoms with van der Waals surface area (Å²) >= 11 is 0. The van der Waals surface area contributed by atoms with E-state index in [2.05, 4.69) is 10.6 Å². The summed E-state index contributed by atoms with van der Waals surface area (Å²) in [5, 5.41) is 5.00. The lowest BCUT2D eigenvalue weighted by Crippen LogP contribution is -2.35. The summed E-state index contributed by atoms with van der Waals surface area (Å²) in [6.07, 6.45) is 0. The first-order valence-electron chi connectivity index (χ1n) is 7.56. The van der Waals surface area contributed by atoms with E-state index in [1.807, 2.05) is 19.1 Å². The number of rotatable bonds is 5. The molecule has 0 radical (unpaired) electrons. The molecule has 0 spiro atoms. The lowest BCUT2D eigenvalue weighted by Gasteiger charge is -2.09. The van der Waals surface area contributed by atoms with Gasteiger partial charge in [0.15, 0.2) is 0 Å². The van der Waals surface area contributed by atoms with Gasteiger partial charge < -0.3 is 15.4 Å². The van der Waals surface area contributed by atoms with Crippen LogP contribution in [0, 0.1) is 12.7 Å². The predicted octanol–water partition coefficient (Wildman–Crippen LogP) is 2.79. The third kappa shape index (κ3) is 4.81. The maximum absolute atomic E-state index is 13.0. The Morgan fingerprint density at radius 1 is 1.08 bits per heavy atom. The zero-order valence-electron chi connectivity index (χ0n) is 13.6. The molecule has 24 heavy (non-hydrogen) atoms. The fourth-order valence-corrected chi connectivity index (χ4v) is 2.08. The molecule has 0 saturated heterocycles. The molecule has 0 unspecified atom stereocenters. The molecule has 2 aromatic rings. The van der Waals surface area contributed by atoms with Crippen LogP contribution < -0.4 is 15.4 Å². The first-order valence-corrected chi connectivity index (χ1v) is 7.56. The number of carbonyl (C=O) groups excluding carboxylic acids is 2. The van der Waals surface area contributed by atoms with Crippen molar-refractivity contribution in [1.82, 2.24) is 5.32 Å². The summed E-state index contributed by atoms with van der Waals surface area (Å²) in [5.74, 6) is -1.20. The van der Waals surface area contributed by atoms with E-state index in [-0.39, 0.29) is 6.54 Å². The molecule has 2 aromatic carbocycles. The van der Waals surface area contributed by atoms with Crippen molar-refractivity contribution in [3.8, 4) is 5.75 Å². The van der Waals surface area contributed by atoms with Gasteiger partial charge in [0.05, 0.1) is 6.61 Å². The molecule has 0 bridgehead atoms. The zero-order valence-corrected chi connectivity index (χ0v) is 13.6. The number of anilines is 1. The summed E-state index contributed by atoms with van der Waals surface area (Å²) < 4.78 is 18.4. The van der Waals surface area contributed by atoms with Crippen molar-refractivity contribution in [3.63, 3.8) is 0 Å². The van der Waals surface area contributed by atoms with Gasteiger partial charge in [-0.15, -0.1) is 0 Å². The molecule has 0 atom stereocenters. The summed E-state index contributed by atoms with van der Waals surface area (Å²) in [4.78, 5) is 23.7. The second-order valence-electron chi connectivity index (χ2n) is 5.17. The topological polar surface area (TPSA) is 67.4 Å². The molecule has 2 rings (SSSR count). The Labute approximate surface area is 139 Å². The number of ether oxygens (including phenoxy) is 1. The van der Waals surface area contributed by atoms with Gasteiger partial charge in [-0.1, -0.05) is 12.1 Å². The van der Waals surface area contributed by atoms with Crippen molar-refractivity contribution in [3.05, 3.63) is 59.4 Å². The van der Waals surface area contributed by atoms with Gasteiger partial charge in [0.25, 0.3) is 0 Å². The Morgan fingerprint density at radius 2 is 1.79 bits per heavy atom. The van der Waals surface area contributed by atoms with Gasteiger partial charge in [-0.3, -0.25) is 9.59 Å². The Bertz CT molecular complexity index is 730. The molecule has 126 valence electrons. The molecule has 5 nitrogen and oxygen atoms in total. The fourth-order valence-electron chi connectivity index (χ4n) is 2.08. The second-order valence-corrected chi connectivity index (χ2v) is 5.17. The van der Waals surface area contributed by atoms with Crippen LogP contribution in [0.4, 0.5) is 10.1 Å². The van der Waals surface area contributed by atoms with E-state index in [1.54, 1.807) is 19.1 Å². The van der Waals surface area contributed by atoms with Crippen molar-refractivity contribution in [2.24, 2.45) is 0 Å². The number of amides is 2. The SMILES string of the molecule is CCOc1ccc(CNC(=O)C(=O)Nc2ccc(F)cc2C)cc1.